The number of rotatable bonds is 4. The fourth-order valence-electron chi connectivity index (χ4n) is 4.49. The van der Waals surface area contributed by atoms with E-state index in [-0.39, 0.29) is 29.3 Å². The van der Waals surface area contributed by atoms with E-state index in [0.29, 0.717) is 31.9 Å². The molecule has 168 valence electrons. The number of piperazine rings is 1. The number of aromatic nitrogens is 1. The normalized spacial score (nSPS) is 14.8. The molecule has 5 rings (SSSR count). The lowest BCUT2D eigenvalue weighted by Gasteiger charge is -2.39. The van der Waals surface area contributed by atoms with Gasteiger partial charge in [0.1, 0.15) is 23.1 Å². The minimum Gasteiger partial charge on any atom is -0.508 e. The molecule has 0 saturated carbocycles. The summed E-state index contributed by atoms with van der Waals surface area (Å²) in [5.41, 5.74) is 3.11. The predicted molar refractivity (Wildman–Crippen MR) is 122 cm³/mol. The van der Waals surface area contributed by atoms with Crippen molar-refractivity contribution in [2.45, 2.75) is 6.04 Å². The Labute approximate surface area is 189 Å². The lowest BCUT2D eigenvalue weighted by atomic mass is 9.96. The van der Waals surface area contributed by atoms with E-state index in [4.69, 9.17) is 0 Å². The maximum Gasteiger partial charge on any atom is 0.270 e. The van der Waals surface area contributed by atoms with Crippen molar-refractivity contribution in [1.29, 1.82) is 0 Å². The second kappa shape index (κ2) is 8.67. The van der Waals surface area contributed by atoms with Crippen LogP contribution in [-0.4, -0.2) is 52.0 Å². The number of nitrogens with zero attached hydrogens (tertiary/aromatic N) is 2. The Morgan fingerprint density at radius 2 is 1.39 bits per heavy atom. The van der Waals surface area contributed by atoms with Crippen LogP contribution in [0.25, 0.3) is 10.9 Å². The summed E-state index contributed by atoms with van der Waals surface area (Å²) >= 11 is 0. The van der Waals surface area contributed by atoms with Gasteiger partial charge in [-0.05, 0) is 59.7 Å². The van der Waals surface area contributed by atoms with Gasteiger partial charge in [-0.25, -0.2) is 8.78 Å². The third-order valence-corrected chi connectivity index (χ3v) is 6.17. The summed E-state index contributed by atoms with van der Waals surface area (Å²) in [5.74, 6) is -0.551. The van der Waals surface area contributed by atoms with E-state index in [1.165, 1.54) is 24.3 Å². The fraction of sp³-hybridized carbons (Fsp3) is 0.192. The molecule has 3 aromatic carbocycles. The zero-order chi connectivity index (χ0) is 22.9. The molecule has 0 bridgehead atoms. The van der Waals surface area contributed by atoms with Crippen molar-refractivity contribution < 1.29 is 18.7 Å². The van der Waals surface area contributed by atoms with Crippen molar-refractivity contribution in [1.82, 2.24) is 14.8 Å². The fourth-order valence-corrected chi connectivity index (χ4v) is 4.49. The average molecular weight is 447 g/mol. The van der Waals surface area contributed by atoms with Crippen LogP contribution in [0, 0.1) is 11.6 Å². The number of hydrogen-bond acceptors (Lipinski definition) is 3. The first-order valence-corrected chi connectivity index (χ1v) is 10.8. The minimum atomic E-state index is -0.307. The lowest BCUT2D eigenvalue weighted by Crippen LogP contribution is -2.50. The second-order valence-electron chi connectivity index (χ2n) is 8.29. The van der Waals surface area contributed by atoms with Crippen LogP contribution >= 0.6 is 0 Å². The number of halogens is 2. The first kappa shape index (κ1) is 21.2. The zero-order valence-electron chi connectivity index (χ0n) is 17.8. The molecule has 5 nitrogen and oxygen atoms in total. The molecule has 1 saturated heterocycles. The van der Waals surface area contributed by atoms with Crippen LogP contribution in [0.15, 0.2) is 72.8 Å². The quantitative estimate of drug-likeness (QED) is 0.477. The van der Waals surface area contributed by atoms with Crippen LogP contribution in [0.2, 0.25) is 0 Å². The number of amides is 1. The van der Waals surface area contributed by atoms with Crippen LogP contribution in [-0.2, 0) is 0 Å². The molecule has 2 N–H and O–H groups in total. The van der Waals surface area contributed by atoms with Crippen molar-refractivity contribution in [3.05, 3.63) is 101 Å². The molecule has 1 amide bonds. The molecule has 33 heavy (non-hydrogen) atoms. The van der Waals surface area contributed by atoms with Gasteiger partial charge in [0.25, 0.3) is 5.91 Å². The molecular formula is C26H23F2N3O2. The average Bonchev–Trinajstić information content (AvgIpc) is 3.25. The number of carbonyl (C=O) groups is 1. The van der Waals surface area contributed by atoms with E-state index in [0.717, 1.165) is 22.0 Å². The Kier molecular flexibility index (Phi) is 5.56. The molecule has 1 aromatic heterocycles. The van der Waals surface area contributed by atoms with E-state index in [1.54, 1.807) is 53.4 Å². The summed E-state index contributed by atoms with van der Waals surface area (Å²) in [6.07, 6.45) is 0. The first-order valence-electron chi connectivity index (χ1n) is 10.8. The third kappa shape index (κ3) is 4.32. The van der Waals surface area contributed by atoms with Crippen molar-refractivity contribution in [2.24, 2.45) is 0 Å². The van der Waals surface area contributed by atoms with Gasteiger partial charge in [0.2, 0.25) is 0 Å². The topological polar surface area (TPSA) is 59.6 Å². The van der Waals surface area contributed by atoms with Gasteiger partial charge in [0.15, 0.2) is 0 Å². The SMILES string of the molecule is O=C(c1cc2cc(O)ccc2[nH]1)N1CCN(C(c2ccc(F)cc2)c2ccc(F)cc2)CC1. The maximum atomic E-state index is 13.5. The number of hydrogen-bond donors (Lipinski definition) is 2. The maximum absolute atomic E-state index is 13.5. The van der Waals surface area contributed by atoms with Gasteiger partial charge in [-0.2, -0.15) is 0 Å². The van der Waals surface area contributed by atoms with Crippen molar-refractivity contribution in [2.75, 3.05) is 26.2 Å². The number of aromatic amines is 1. The van der Waals surface area contributed by atoms with Gasteiger partial charge < -0.3 is 15.0 Å². The number of phenolic OH excluding ortho intramolecular Hbond substituents is 1. The molecule has 0 spiro atoms. The number of benzene rings is 3. The second-order valence-corrected chi connectivity index (χ2v) is 8.29. The highest BCUT2D eigenvalue weighted by atomic mass is 19.1. The van der Waals surface area contributed by atoms with Gasteiger partial charge in [-0.15, -0.1) is 0 Å². The Hall–Kier alpha value is -3.71. The summed E-state index contributed by atoms with van der Waals surface area (Å²) in [4.78, 5) is 20.2. The molecule has 0 radical (unpaired) electrons. The number of nitrogens with one attached hydrogen (secondary N) is 1. The van der Waals surface area contributed by atoms with Gasteiger partial charge in [-0.3, -0.25) is 9.69 Å². The van der Waals surface area contributed by atoms with Crippen LogP contribution in [0.1, 0.15) is 27.7 Å². The van der Waals surface area contributed by atoms with Crippen molar-refractivity contribution in [3.8, 4) is 5.75 Å². The largest absolute Gasteiger partial charge is 0.508 e. The predicted octanol–water partition coefficient (Wildman–Crippen LogP) is 4.70. The molecule has 4 aromatic rings. The van der Waals surface area contributed by atoms with Crippen LogP contribution in [0.3, 0.4) is 0 Å². The third-order valence-electron chi connectivity index (χ3n) is 6.17. The van der Waals surface area contributed by atoms with E-state index in [1.807, 2.05) is 0 Å². The summed E-state index contributed by atoms with van der Waals surface area (Å²) < 4.78 is 27.0. The molecule has 1 aliphatic heterocycles. The highest BCUT2D eigenvalue weighted by Gasteiger charge is 2.29. The molecule has 1 aliphatic rings. The Morgan fingerprint density at radius 3 is 1.97 bits per heavy atom. The summed E-state index contributed by atoms with van der Waals surface area (Å²) in [5, 5.41) is 10.5. The number of fused-ring (bicyclic) bond motifs is 1. The standard InChI is InChI=1S/C26H23F2N3O2/c27-20-5-1-17(2-6-20)25(18-3-7-21(28)8-4-18)30-11-13-31(14-12-30)26(33)24-16-19-15-22(32)9-10-23(19)29-24/h1-10,15-16,25,29,32H,11-14H2. The monoisotopic (exact) mass is 447 g/mol. The first-order chi connectivity index (χ1) is 16.0. The van der Waals surface area contributed by atoms with E-state index in [9.17, 15) is 18.7 Å². The number of carbonyl (C=O) groups excluding carboxylic acids is 1. The molecule has 0 unspecified atom stereocenters. The Balaban J connectivity index is 1.35. The lowest BCUT2D eigenvalue weighted by molar-refractivity contribution is 0.0592. The number of aromatic hydroxyl groups is 1. The van der Waals surface area contributed by atoms with Crippen LogP contribution in [0.5, 0.6) is 5.75 Å². The van der Waals surface area contributed by atoms with Gasteiger partial charge >= 0.3 is 0 Å². The van der Waals surface area contributed by atoms with Crippen LogP contribution < -0.4 is 0 Å². The molecule has 1 fully saturated rings. The molecule has 2 heterocycles. The smallest absolute Gasteiger partial charge is 0.270 e. The van der Waals surface area contributed by atoms with E-state index < -0.39 is 0 Å². The van der Waals surface area contributed by atoms with Crippen molar-refractivity contribution >= 4 is 16.8 Å². The zero-order valence-corrected chi connectivity index (χ0v) is 17.8. The number of H-pyrrole nitrogens is 1. The summed E-state index contributed by atoms with van der Waals surface area (Å²) in [7, 11) is 0. The Bertz CT molecular complexity index is 1230. The molecule has 7 heteroatoms. The van der Waals surface area contributed by atoms with Crippen molar-refractivity contribution in [3.63, 3.8) is 0 Å². The highest BCUT2D eigenvalue weighted by molar-refractivity contribution is 5.98. The van der Waals surface area contributed by atoms with Crippen LogP contribution in [0.4, 0.5) is 8.78 Å². The molecular weight excluding hydrogens is 424 g/mol. The summed E-state index contributed by atoms with van der Waals surface area (Å²) in [6.45, 7) is 2.29. The van der Waals surface area contributed by atoms with Gasteiger partial charge in [-0.1, -0.05) is 24.3 Å². The minimum absolute atomic E-state index is 0.0922. The van der Waals surface area contributed by atoms with Gasteiger partial charge in [0.05, 0.1) is 6.04 Å². The molecule has 0 aliphatic carbocycles. The number of phenols is 1. The molecule has 0 atom stereocenters. The Morgan fingerprint density at radius 1 is 0.818 bits per heavy atom. The highest BCUT2D eigenvalue weighted by Crippen LogP contribution is 2.30. The van der Waals surface area contributed by atoms with E-state index >= 15 is 0 Å². The van der Waals surface area contributed by atoms with Gasteiger partial charge in [0, 0.05) is 37.1 Å². The van der Waals surface area contributed by atoms with E-state index in [2.05, 4.69) is 9.88 Å². The summed E-state index contributed by atoms with van der Waals surface area (Å²) in [6, 6.07) is 19.3.